The molecule has 3 aromatic rings. The molecule has 0 aliphatic heterocycles. The predicted octanol–water partition coefficient (Wildman–Crippen LogP) is 3.73. The minimum atomic E-state index is 0.0750. The van der Waals surface area contributed by atoms with Gasteiger partial charge in [-0.2, -0.15) is 0 Å². The van der Waals surface area contributed by atoms with Gasteiger partial charge in [0.05, 0.1) is 5.52 Å². The van der Waals surface area contributed by atoms with Crippen LogP contribution in [-0.2, 0) is 6.54 Å². The van der Waals surface area contributed by atoms with E-state index in [0.29, 0.717) is 0 Å². The summed E-state index contributed by atoms with van der Waals surface area (Å²) in [6.45, 7) is 8.82. The lowest BCUT2D eigenvalue weighted by Gasteiger charge is -2.08. The van der Waals surface area contributed by atoms with Crippen molar-refractivity contribution >= 4 is 31.8 Å². The lowest BCUT2D eigenvalue weighted by molar-refractivity contribution is 0.592. The van der Waals surface area contributed by atoms with Gasteiger partial charge in [-0.15, -0.1) is 11.3 Å². The molecule has 5 heteroatoms. The average Bonchev–Trinajstić information content (AvgIpc) is 2.77. The van der Waals surface area contributed by atoms with Gasteiger partial charge in [0.1, 0.15) is 15.4 Å². The first-order valence-electron chi connectivity index (χ1n) is 7.30. The molecule has 0 fully saturated rings. The highest BCUT2D eigenvalue weighted by molar-refractivity contribution is 7.25. The molecule has 3 heterocycles. The second kappa shape index (κ2) is 5.22. The first kappa shape index (κ1) is 14.2. The molecule has 0 aliphatic rings. The van der Waals surface area contributed by atoms with Crippen LogP contribution < -0.4 is 5.56 Å². The molecule has 4 nitrogen and oxygen atoms in total. The van der Waals surface area contributed by atoms with Gasteiger partial charge >= 0.3 is 0 Å². The zero-order chi connectivity index (χ0) is 15.1. The van der Waals surface area contributed by atoms with E-state index in [1.54, 1.807) is 4.57 Å². The molecule has 0 saturated carbocycles. The molecule has 0 aromatic carbocycles. The Kier molecular flexibility index (Phi) is 3.53. The second-order valence-electron chi connectivity index (χ2n) is 5.51. The Labute approximate surface area is 127 Å². The fourth-order valence-electron chi connectivity index (χ4n) is 2.75. The number of aromatic nitrogens is 3. The summed E-state index contributed by atoms with van der Waals surface area (Å²) < 4.78 is 2.52. The van der Waals surface area contributed by atoms with E-state index in [9.17, 15) is 4.79 Å². The first-order chi connectivity index (χ1) is 10.0. The van der Waals surface area contributed by atoms with Crippen LogP contribution in [0.1, 0.15) is 36.8 Å². The van der Waals surface area contributed by atoms with Crippen molar-refractivity contribution in [2.45, 2.75) is 47.1 Å². The summed E-state index contributed by atoms with van der Waals surface area (Å²) in [4.78, 5) is 22.9. The van der Waals surface area contributed by atoms with Gasteiger partial charge in [-0.1, -0.05) is 13.3 Å². The van der Waals surface area contributed by atoms with Gasteiger partial charge in [0, 0.05) is 17.6 Å². The Morgan fingerprint density at radius 3 is 2.71 bits per heavy atom. The summed E-state index contributed by atoms with van der Waals surface area (Å²) in [6.07, 6.45) is 2.06. The van der Waals surface area contributed by atoms with Crippen molar-refractivity contribution in [3.63, 3.8) is 0 Å². The maximum atomic E-state index is 12.7. The molecule has 0 saturated heterocycles. The molecule has 0 bridgehead atoms. The first-order valence-corrected chi connectivity index (χ1v) is 8.12. The van der Waals surface area contributed by atoms with Gasteiger partial charge in [-0.05, 0) is 38.8 Å². The molecule has 0 spiro atoms. The van der Waals surface area contributed by atoms with Gasteiger partial charge in [-0.3, -0.25) is 9.36 Å². The highest BCUT2D eigenvalue weighted by atomic mass is 32.1. The minimum absolute atomic E-state index is 0.0750. The molecule has 0 unspecified atom stereocenters. The quantitative estimate of drug-likeness (QED) is 0.740. The number of fused-ring (bicyclic) bond motifs is 3. The van der Waals surface area contributed by atoms with Crippen molar-refractivity contribution in [1.82, 2.24) is 14.5 Å². The number of rotatable bonds is 3. The third kappa shape index (κ3) is 2.25. The Morgan fingerprint density at radius 2 is 2.00 bits per heavy atom. The van der Waals surface area contributed by atoms with Crippen LogP contribution in [0.25, 0.3) is 20.4 Å². The van der Waals surface area contributed by atoms with E-state index in [0.717, 1.165) is 56.9 Å². The summed E-state index contributed by atoms with van der Waals surface area (Å²) in [7, 11) is 0. The van der Waals surface area contributed by atoms with Gasteiger partial charge in [0.15, 0.2) is 0 Å². The topological polar surface area (TPSA) is 47.8 Å². The zero-order valence-electron chi connectivity index (χ0n) is 12.9. The molecule has 3 aromatic heterocycles. The highest BCUT2D eigenvalue weighted by Crippen LogP contribution is 2.32. The smallest absolute Gasteiger partial charge is 0.271 e. The fraction of sp³-hybridized carbons (Fsp3) is 0.438. The number of unbranched alkanes of at least 4 members (excludes halogenated alkanes) is 1. The fourth-order valence-corrected chi connectivity index (χ4v) is 3.93. The molecule has 0 amide bonds. The summed E-state index contributed by atoms with van der Waals surface area (Å²) in [6, 6.07) is 2.05. The van der Waals surface area contributed by atoms with Crippen LogP contribution in [-0.4, -0.2) is 14.5 Å². The van der Waals surface area contributed by atoms with Crippen molar-refractivity contribution in [3.05, 3.63) is 33.5 Å². The molecule has 0 radical (unpaired) electrons. The predicted molar refractivity (Wildman–Crippen MR) is 88.3 cm³/mol. The van der Waals surface area contributed by atoms with Gasteiger partial charge < -0.3 is 0 Å². The van der Waals surface area contributed by atoms with Crippen molar-refractivity contribution in [1.29, 1.82) is 0 Å². The normalized spacial score (nSPS) is 11.6. The second-order valence-corrected chi connectivity index (χ2v) is 6.51. The number of hydrogen-bond donors (Lipinski definition) is 0. The van der Waals surface area contributed by atoms with Gasteiger partial charge in [0.25, 0.3) is 5.56 Å². The van der Waals surface area contributed by atoms with Crippen LogP contribution in [0.4, 0.5) is 0 Å². The Bertz CT molecular complexity index is 892. The standard InChI is InChI=1S/C16H19N3OS/c1-5-6-7-19-11(4)18-13-12-9(2)8-10(3)17-15(12)21-14(13)16(19)20/h8H,5-7H2,1-4H3. The summed E-state index contributed by atoms with van der Waals surface area (Å²) in [5.74, 6) is 0.792. The average molecular weight is 301 g/mol. The van der Waals surface area contributed by atoms with Crippen LogP contribution in [0, 0.1) is 20.8 Å². The van der Waals surface area contributed by atoms with Crippen LogP contribution in [0.15, 0.2) is 10.9 Å². The monoisotopic (exact) mass is 301 g/mol. The van der Waals surface area contributed by atoms with Crippen molar-refractivity contribution in [3.8, 4) is 0 Å². The Morgan fingerprint density at radius 1 is 1.24 bits per heavy atom. The third-order valence-electron chi connectivity index (χ3n) is 3.80. The number of aryl methyl sites for hydroxylation is 3. The van der Waals surface area contributed by atoms with Crippen molar-refractivity contribution in [2.75, 3.05) is 0 Å². The number of nitrogens with zero attached hydrogens (tertiary/aromatic N) is 3. The molecule has 0 N–H and O–H groups in total. The molecule has 0 aliphatic carbocycles. The van der Waals surface area contributed by atoms with E-state index in [2.05, 4.69) is 18.8 Å². The van der Waals surface area contributed by atoms with Crippen LogP contribution in [0.3, 0.4) is 0 Å². The molecule has 110 valence electrons. The largest absolute Gasteiger partial charge is 0.296 e. The Hall–Kier alpha value is -1.75. The number of hydrogen-bond acceptors (Lipinski definition) is 4. The third-order valence-corrected chi connectivity index (χ3v) is 4.86. The van der Waals surface area contributed by atoms with E-state index in [4.69, 9.17) is 4.98 Å². The molecule has 0 atom stereocenters. The van der Waals surface area contributed by atoms with Gasteiger partial charge in [-0.25, -0.2) is 9.97 Å². The minimum Gasteiger partial charge on any atom is -0.296 e. The highest BCUT2D eigenvalue weighted by Gasteiger charge is 2.16. The van der Waals surface area contributed by atoms with E-state index in [1.807, 2.05) is 19.9 Å². The summed E-state index contributed by atoms with van der Waals surface area (Å²) >= 11 is 1.47. The van der Waals surface area contributed by atoms with E-state index >= 15 is 0 Å². The van der Waals surface area contributed by atoms with E-state index < -0.39 is 0 Å². The van der Waals surface area contributed by atoms with E-state index in [1.165, 1.54) is 11.3 Å². The molecular formula is C16H19N3OS. The molecular weight excluding hydrogens is 282 g/mol. The maximum absolute atomic E-state index is 12.7. The Balaban J connectivity index is 2.37. The maximum Gasteiger partial charge on any atom is 0.271 e. The zero-order valence-corrected chi connectivity index (χ0v) is 13.7. The van der Waals surface area contributed by atoms with Crippen molar-refractivity contribution < 1.29 is 0 Å². The summed E-state index contributed by atoms with van der Waals surface area (Å²) in [5, 5.41) is 1.03. The summed E-state index contributed by atoms with van der Waals surface area (Å²) in [5.41, 5.74) is 3.01. The molecule has 3 rings (SSSR count). The number of pyridine rings is 1. The van der Waals surface area contributed by atoms with Crippen molar-refractivity contribution in [2.24, 2.45) is 0 Å². The van der Waals surface area contributed by atoms with Gasteiger partial charge in [0.2, 0.25) is 0 Å². The van der Waals surface area contributed by atoms with Crippen LogP contribution in [0.5, 0.6) is 0 Å². The lowest BCUT2D eigenvalue weighted by Crippen LogP contribution is -2.23. The number of thiophene rings is 1. The van der Waals surface area contributed by atoms with Crippen LogP contribution >= 0.6 is 11.3 Å². The van der Waals surface area contributed by atoms with Crippen LogP contribution in [0.2, 0.25) is 0 Å². The lowest BCUT2D eigenvalue weighted by atomic mass is 10.1. The SMILES string of the molecule is CCCCn1c(C)nc2c(sc3nc(C)cc(C)c32)c1=O. The molecule has 21 heavy (non-hydrogen) atoms. The van der Waals surface area contributed by atoms with E-state index in [-0.39, 0.29) is 5.56 Å².